The van der Waals surface area contributed by atoms with Crippen molar-refractivity contribution in [1.82, 2.24) is 15.4 Å². The molecule has 1 atom stereocenters. The highest BCUT2D eigenvalue weighted by molar-refractivity contribution is 5.78. The number of fused-ring (bicyclic) bond motifs is 1. The molecule has 0 aliphatic heterocycles. The first-order chi connectivity index (χ1) is 9.01. The van der Waals surface area contributed by atoms with Crippen LogP contribution in [0.25, 0.3) is 11.0 Å². The number of nitrogens with one attached hydrogen (secondary N) is 1. The molecule has 1 aromatic carbocycles. The Hall–Kier alpha value is -1.73. The summed E-state index contributed by atoms with van der Waals surface area (Å²) >= 11 is 0. The largest absolute Gasteiger partial charge is 0.389 e. The van der Waals surface area contributed by atoms with Crippen molar-refractivity contribution in [2.45, 2.75) is 25.1 Å². The van der Waals surface area contributed by atoms with Gasteiger partial charge in [-0.1, -0.05) is 12.1 Å². The molecule has 0 amide bonds. The third kappa shape index (κ3) is 3.39. The van der Waals surface area contributed by atoms with E-state index in [9.17, 15) is 13.2 Å². The van der Waals surface area contributed by atoms with Gasteiger partial charge in [-0.3, -0.25) is 21.2 Å². The summed E-state index contributed by atoms with van der Waals surface area (Å²) in [7, 11) is 0. The van der Waals surface area contributed by atoms with Gasteiger partial charge >= 0.3 is 6.18 Å². The highest BCUT2D eigenvalue weighted by Crippen LogP contribution is 2.29. The molecule has 2 rings (SSSR count). The second-order valence-corrected chi connectivity index (χ2v) is 4.14. The summed E-state index contributed by atoms with van der Waals surface area (Å²) in [4.78, 5) is 8.27. The van der Waals surface area contributed by atoms with Crippen molar-refractivity contribution in [3.63, 3.8) is 0 Å². The fraction of sp³-hybridized carbons (Fsp3) is 0.333. The molecule has 0 saturated heterocycles. The summed E-state index contributed by atoms with van der Waals surface area (Å²) in [6.07, 6.45) is -2.21. The lowest BCUT2D eigenvalue weighted by Crippen LogP contribution is -2.29. The maximum Gasteiger partial charge on any atom is 0.389 e. The van der Waals surface area contributed by atoms with Crippen LogP contribution in [0.3, 0.4) is 0 Å². The molecule has 19 heavy (non-hydrogen) atoms. The summed E-state index contributed by atoms with van der Waals surface area (Å²) in [6.45, 7) is 0. The zero-order valence-electron chi connectivity index (χ0n) is 9.98. The maximum atomic E-state index is 12.3. The Kier molecular flexibility index (Phi) is 3.96. The number of alkyl halides is 3. The fourth-order valence-corrected chi connectivity index (χ4v) is 1.93. The molecular formula is C12H13F3N4. The van der Waals surface area contributed by atoms with Crippen LogP contribution in [0.1, 0.15) is 24.4 Å². The molecule has 0 radical (unpaired) electrons. The Morgan fingerprint density at radius 2 is 1.95 bits per heavy atom. The SMILES string of the molecule is NNC(CCC(F)(F)F)c1cccc2nccnc12. The molecule has 1 heterocycles. The van der Waals surface area contributed by atoms with Crippen molar-refractivity contribution in [3.05, 3.63) is 36.2 Å². The molecule has 1 unspecified atom stereocenters. The molecule has 0 aliphatic carbocycles. The van der Waals surface area contributed by atoms with Gasteiger partial charge in [0.1, 0.15) is 0 Å². The van der Waals surface area contributed by atoms with E-state index in [0.717, 1.165) is 0 Å². The molecule has 1 aromatic heterocycles. The van der Waals surface area contributed by atoms with E-state index < -0.39 is 18.6 Å². The van der Waals surface area contributed by atoms with Crippen molar-refractivity contribution in [1.29, 1.82) is 0 Å². The molecule has 0 saturated carbocycles. The van der Waals surface area contributed by atoms with E-state index in [0.29, 0.717) is 16.6 Å². The average molecular weight is 270 g/mol. The van der Waals surface area contributed by atoms with E-state index >= 15 is 0 Å². The number of aromatic nitrogens is 2. The molecule has 0 aliphatic rings. The Bertz CT molecular complexity index is 551. The molecule has 2 aromatic rings. The van der Waals surface area contributed by atoms with Gasteiger partial charge in [-0.05, 0) is 18.1 Å². The topological polar surface area (TPSA) is 63.8 Å². The van der Waals surface area contributed by atoms with Crippen LogP contribution in [-0.4, -0.2) is 16.1 Å². The van der Waals surface area contributed by atoms with Crippen LogP contribution in [0.4, 0.5) is 13.2 Å². The zero-order valence-corrected chi connectivity index (χ0v) is 9.98. The van der Waals surface area contributed by atoms with Crippen molar-refractivity contribution in [3.8, 4) is 0 Å². The Morgan fingerprint density at radius 3 is 2.63 bits per heavy atom. The van der Waals surface area contributed by atoms with Gasteiger partial charge in [0.05, 0.1) is 11.0 Å². The van der Waals surface area contributed by atoms with Crippen LogP contribution < -0.4 is 11.3 Å². The van der Waals surface area contributed by atoms with E-state index in [1.807, 2.05) is 0 Å². The van der Waals surface area contributed by atoms with Crippen molar-refractivity contribution in [2.75, 3.05) is 0 Å². The monoisotopic (exact) mass is 270 g/mol. The predicted molar refractivity (Wildman–Crippen MR) is 64.9 cm³/mol. The van der Waals surface area contributed by atoms with Crippen molar-refractivity contribution < 1.29 is 13.2 Å². The molecule has 102 valence electrons. The number of hydrogen-bond acceptors (Lipinski definition) is 4. The lowest BCUT2D eigenvalue weighted by atomic mass is 10.0. The summed E-state index contributed by atoms with van der Waals surface area (Å²) < 4.78 is 36.9. The maximum absolute atomic E-state index is 12.3. The van der Waals surface area contributed by atoms with Crippen LogP contribution in [-0.2, 0) is 0 Å². The number of hydrogen-bond donors (Lipinski definition) is 2. The predicted octanol–water partition coefficient (Wildman–Crippen LogP) is 2.48. The molecular weight excluding hydrogens is 257 g/mol. The van der Waals surface area contributed by atoms with Crippen LogP contribution >= 0.6 is 0 Å². The van der Waals surface area contributed by atoms with Crippen LogP contribution in [0.2, 0.25) is 0 Å². The molecule has 7 heteroatoms. The fourth-order valence-electron chi connectivity index (χ4n) is 1.93. The van der Waals surface area contributed by atoms with Crippen LogP contribution in [0.15, 0.2) is 30.6 Å². The molecule has 4 nitrogen and oxygen atoms in total. The minimum absolute atomic E-state index is 0.143. The number of rotatable bonds is 4. The molecule has 0 spiro atoms. The van der Waals surface area contributed by atoms with E-state index in [4.69, 9.17) is 5.84 Å². The lowest BCUT2D eigenvalue weighted by molar-refractivity contribution is -0.136. The smallest absolute Gasteiger partial charge is 0.271 e. The molecule has 3 N–H and O–H groups in total. The minimum Gasteiger partial charge on any atom is -0.271 e. The van der Waals surface area contributed by atoms with E-state index in [2.05, 4.69) is 15.4 Å². The minimum atomic E-state index is -4.20. The third-order valence-corrected chi connectivity index (χ3v) is 2.82. The lowest BCUT2D eigenvalue weighted by Gasteiger charge is -2.18. The van der Waals surface area contributed by atoms with Crippen LogP contribution in [0.5, 0.6) is 0 Å². The third-order valence-electron chi connectivity index (χ3n) is 2.82. The second kappa shape index (κ2) is 5.50. The summed E-state index contributed by atoms with van der Waals surface area (Å²) in [5.74, 6) is 5.36. The van der Waals surface area contributed by atoms with E-state index in [-0.39, 0.29) is 6.42 Å². The standard InChI is InChI=1S/C12H13F3N4/c13-12(14,15)5-4-9(19-16)8-2-1-3-10-11(8)18-7-6-17-10/h1-3,6-7,9,19H,4-5,16H2. The van der Waals surface area contributed by atoms with Gasteiger partial charge in [0.2, 0.25) is 0 Å². The number of halogens is 3. The quantitative estimate of drug-likeness (QED) is 0.661. The first kappa shape index (κ1) is 13.7. The van der Waals surface area contributed by atoms with Crippen molar-refractivity contribution >= 4 is 11.0 Å². The van der Waals surface area contributed by atoms with Gasteiger partial charge in [0.15, 0.2) is 0 Å². The van der Waals surface area contributed by atoms with Gasteiger partial charge in [-0.2, -0.15) is 13.2 Å². The highest BCUT2D eigenvalue weighted by Gasteiger charge is 2.29. The van der Waals surface area contributed by atoms with E-state index in [1.165, 1.54) is 12.4 Å². The number of benzene rings is 1. The summed E-state index contributed by atoms with van der Waals surface area (Å²) in [5, 5.41) is 0. The van der Waals surface area contributed by atoms with Crippen molar-refractivity contribution in [2.24, 2.45) is 5.84 Å². The second-order valence-electron chi connectivity index (χ2n) is 4.14. The Balaban J connectivity index is 2.30. The van der Waals surface area contributed by atoms with Gasteiger partial charge < -0.3 is 0 Å². The summed E-state index contributed by atoms with van der Waals surface area (Å²) in [5.41, 5.74) is 4.23. The number of hydrazine groups is 1. The molecule has 0 fully saturated rings. The zero-order chi connectivity index (χ0) is 13.9. The normalized spacial score (nSPS) is 13.7. The Morgan fingerprint density at radius 1 is 1.21 bits per heavy atom. The average Bonchev–Trinajstić information content (AvgIpc) is 2.38. The van der Waals surface area contributed by atoms with Gasteiger partial charge in [-0.25, -0.2) is 0 Å². The summed E-state index contributed by atoms with van der Waals surface area (Å²) in [6, 6.07) is 4.58. The van der Waals surface area contributed by atoms with E-state index in [1.54, 1.807) is 18.2 Å². The Labute approximate surface area is 107 Å². The number of nitrogens with zero attached hydrogens (tertiary/aromatic N) is 2. The highest BCUT2D eigenvalue weighted by atomic mass is 19.4. The van der Waals surface area contributed by atoms with Gasteiger partial charge in [-0.15, -0.1) is 0 Å². The molecule has 0 bridgehead atoms. The van der Waals surface area contributed by atoms with Crippen LogP contribution in [0, 0.1) is 0 Å². The first-order valence-corrected chi connectivity index (χ1v) is 5.74. The van der Waals surface area contributed by atoms with Gasteiger partial charge in [0.25, 0.3) is 0 Å². The number of para-hydroxylation sites is 1. The number of nitrogens with two attached hydrogens (primary N) is 1. The first-order valence-electron chi connectivity index (χ1n) is 5.74. The van der Waals surface area contributed by atoms with Gasteiger partial charge in [0, 0.05) is 24.9 Å².